The van der Waals surface area contributed by atoms with Gasteiger partial charge in [-0.2, -0.15) is 0 Å². The SMILES string of the molecule is O=Cc1cn(CCOc2ccc3c(c2)OCO3)c2ccc(Br)cc12. The molecule has 1 aromatic heterocycles. The van der Waals surface area contributed by atoms with Crippen molar-refractivity contribution in [2.24, 2.45) is 0 Å². The number of benzene rings is 2. The Balaban J connectivity index is 1.50. The highest BCUT2D eigenvalue weighted by Crippen LogP contribution is 2.35. The molecule has 0 N–H and O–H groups in total. The Labute approximate surface area is 146 Å². The van der Waals surface area contributed by atoms with E-state index in [4.69, 9.17) is 14.2 Å². The molecule has 0 amide bonds. The van der Waals surface area contributed by atoms with E-state index in [-0.39, 0.29) is 6.79 Å². The van der Waals surface area contributed by atoms with E-state index in [1.165, 1.54) is 0 Å². The van der Waals surface area contributed by atoms with Crippen molar-refractivity contribution in [3.63, 3.8) is 0 Å². The van der Waals surface area contributed by atoms with Crippen LogP contribution in [0.1, 0.15) is 10.4 Å². The van der Waals surface area contributed by atoms with Crippen LogP contribution in [0.2, 0.25) is 0 Å². The smallest absolute Gasteiger partial charge is 0.231 e. The Morgan fingerprint density at radius 3 is 2.92 bits per heavy atom. The molecule has 1 aliphatic heterocycles. The summed E-state index contributed by atoms with van der Waals surface area (Å²) >= 11 is 3.44. The Hall–Kier alpha value is -2.47. The number of ether oxygens (including phenoxy) is 3. The summed E-state index contributed by atoms with van der Waals surface area (Å²) in [5, 5.41) is 0.933. The van der Waals surface area contributed by atoms with E-state index < -0.39 is 0 Å². The average Bonchev–Trinajstić information content (AvgIpc) is 3.18. The van der Waals surface area contributed by atoms with Crippen molar-refractivity contribution in [2.75, 3.05) is 13.4 Å². The standard InChI is InChI=1S/C18H14BrNO4/c19-13-1-3-16-15(7-13)12(10-21)9-20(16)5-6-22-14-2-4-17-18(8-14)24-11-23-17/h1-4,7-10H,5-6,11H2. The zero-order valence-electron chi connectivity index (χ0n) is 12.7. The second-order valence-corrected chi connectivity index (χ2v) is 6.34. The molecule has 0 bridgehead atoms. The molecule has 2 heterocycles. The molecule has 2 aromatic carbocycles. The first-order chi connectivity index (χ1) is 11.7. The maximum atomic E-state index is 11.3. The predicted molar refractivity (Wildman–Crippen MR) is 93.1 cm³/mol. The fraction of sp³-hybridized carbons (Fsp3) is 0.167. The zero-order chi connectivity index (χ0) is 16.5. The van der Waals surface area contributed by atoms with Gasteiger partial charge in [0, 0.05) is 33.2 Å². The van der Waals surface area contributed by atoms with Crippen LogP contribution in [0.4, 0.5) is 0 Å². The molecule has 6 heteroatoms. The first-order valence-corrected chi connectivity index (χ1v) is 8.30. The van der Waals surface area contributed by atoms with Crippen molar-refractivity contribution in [3.8, 4) is 17.2 Å². The van der Waals surface area contributed by atoms with Gasteiger partial charge in [0.25, 0.3) is 0 Å². The first-order valence-electron chi connectivity index (χ1n) is 7.50. The third-order valence-electron chi connectivity index (χ3n) is 3.95. The fourth-order valence-electron chi connectivity index (χ4n) is 2.80. The lowest BCUT2D eigenvalue weighted by molar-refractivity contribution is 0.112. The summed E-state index contributed by atoms with van der Waals surface area (Å²) in [5.41, 5.74) is 1.68. The third kappa shape index (κ3) is 2.73. The summed E-state index contributed by atoms with van der Waals surface area (Å²) < 4.78 is 19.4. The molecule has 122 valence electrons. The van der Waals surface area contributed by atoms with Gasteiger partial charge in [0.15, 0.2) is 17.8 Å². The minimum atomic E-state index is 0.248. The van der Waals surface area contributed by atoms with Crippen LogP contribution in [-0.2, 0) is 6.54 Å². The first kappa shape index (κ1) is 15.1. The Bertz CT molecular complexity index is 919. The van der Waals surface area contributed by atoms with Crippen molar-refractivity contribution in [1.82, 2.24) is 4.57 Å². The maximum Gasteiger partial charge on any atom is 0.231 e. The largest absolute Gasteiger partial charge is 0.492 e. The van der Waals surface area contributed by atoms with Crippen LogP contribution < -0.4 is 14.2 Å². The van der Waals surface area contributed by atoms with Crippen molar-refractivity contribution >= 4 is 33.1 Å². The van der Waals surface area contributed by atoms with Gasteiger partial charge in [-0.1, -0.05) is 15.9 Å². The summed E-state index contributed by atoms with van der Waals surface area (Å²) in [7, 11) is 0. The van der Waals surface area contributed by atoms with E-state index in [9.17, 15) is 4.79 Å². The second-order valence-electron chi connectivity index (χ2n) is 5.42. The number of halogens is 1. The molecule has 5 nitrogen and oxygen atoms in total. The van der Waals surface area contributed by atoms with Gasteiger partial charge in [0.05, 0.1) is 6.54 Å². The van der Waals surface area contributed by atoms with E-state index in [0.717, 1.165) is 33.2 Å². The highest BCUT2D eigenvalue weighted by atomic mass is 79.9. The van der Waals surface area contributed by atoms with Crippen LogP contribution in [0, 0.1) is 0 Å². The van der Waals surface area contributed by atoms with Crippen LogP contribution >= 0.6 is 15.9 Å². The molecule has 24 heavy (non-hydrogen) atoms. The normalized spacial score (nSPS) is 12.5. The minimum Gasteiger partial charge on any atom is -0.492 e. The molecule has 0 spiro atoms. The lowest BCUT2D eigenvalue weighted by atomic mass is 10.2. The Morgan fingerprint density at radius 1 is 1.17 bits per heavy atom. The van der Waals surface area contributed by atoms with Gasteiger partial charge in [0.2, 0.25) is 6.79 Å². The summed E-state index contributed by atoms with van der Waals surface area (Å²) in [6.07, 6.45) is 2.73. The summed E-state index contributed by atoms with van der Waals surface area (Å²) in [4.78, 5) is 11.3. The summed E-state index contributed by atoms with van der Waals surface area (Å²) in [5.74, 6) is 2.17. The van der Waals surface area contributed by atoms with E-state index in [1.807, 2.05) is 47.2 Å². The topological polar surface area (TPSA) is 49.7 Å². The number of aromatic nitrogens is 1. The quantitative estimate of drug-likeness (QED) is 0.620. The number of carbonyl (C=O) groups excluding carboxylic acids is 1. The molecule has 0 unspecified atom stereocenters. The molecular weight excluding hydrogens is 374 g/mol. The molecule has 0 saturated carbocycles. The van der Waals surface area contributed by atoms with E-state index in [0.29, 0.717) is 24.5 Å². The molecule has 0 aliphatic carbocycles. The highest BCUT2D eigenvalue weighted by molar-refractivity contribution is 9.10. The average molecular weight is 388 g/mol. The maximum absolute atomic E-state index is 11.3. The number of nitrogens with zero attached hydrogens (tertiary/aromatic N) is 1. The monoisotopic (exact) mass is 387 g/mol. The van der Waals surface area contributed by atoms with Crippen molar-refractivity contribution < 1.29 is 19.0 Å². The van der Waals surface area contributed by atoms with Gasteiger partial charge in [-0.15, -0.1) is 0 Å². The number of aldehydes is 1. The van der Waals surface area contributed by atoms with Gasteiger partial charge in [-0.05, 0) is 30.3 Å². The molecule has 0 atom stereocenters. The van der Waals surface area contributed by atoms with Crippen LogP contribution in [-0.4, -0.2) is 24.3 Å². The predicted octanol–water partition coefficient (Wildman–Crippen LogP) is 4.02. The lowest BCUT2D eigenvalue weighted by Crippen LogP contribution is -2.07. The van der Waals surface area contributed by atoms with Gasteiger partial charge in [-0.3, -0.25) is 4.79 Å². The van der Waals surface area contributed by atoms with Crippen LogP contribution in [0.15, 0.2) is 47.1 Å². The molecule has 0 saturated heterocycles. The van der Waals surface area contributed by atoms with Crippen molar-refractivity contribution in [3.05, 3.63) is 52.6 Å². The minimum absolute atomic E-state index is 0.248. The fourth-order valence-corrected chi connectivity index (χ4v) is 3.17. The van der Waals surface area contributed by atoms with Gasteiger partial charge < -0.3 is 18.8 Å². The number of rotatable bonds is 5. The Morgan fingerprint density at radius 2 is 2.04 bits per heavy atom. The van der Waals surface area contributed by atoms with Crippen LogP contribution in [0.3, 0.4) is 0 Å². The molecular formula is C18H14BrNO4. The zero-order valence-corrected chi connectivity index (χ0v) is 14.3. The van der Waals surface area contributed by atoms with Crippen molar-refractivity contribution in [2.45, 2.75) is 6.54 Å². The molecule has 4 rings (SSSR count). The molecule has 0 fully saturated rings. The van der Waals surface area contributed by atoms with Gasteiger partial charge in [0.1, 0.15) is 12.4 Å². The van der Waals surface area contributed by atoms with Gasteiger partial charge >= 0.3 is 0 Å². The molecule has 1 aliphatic rings. The van der Waals surface area contributed by atoms with Crippen molar-refractivity contribution in [1.29, 1.82) is 0 Å². The third-order valence-corrected chi connectivity index (χ3v) is 4.44. The van der Waals surface area contributed by atoms with E-state index in [2.05, 4.69) is 15.9 Å². The number of hydrogen-bond acceptors (Lipinski definition) is 4. The van der Waals surface area contributed by atoms with Crippen LogP contribution in [0.25, 0.3) is 10.9 Å². The Kier molecular flexibility index (Phi) is 3.90. The molecule has 3 aromatic rings. The number of fused-ring (bicyclic) bond motifs is 2. The van der Waals surface area contributed by atoms with E-state index >= 15 is 0 Å². The van der Waals surface area contributed by atoms with Gasteiger partial charge in [-0.25, -0.2) is 0 Å². The van der Waals surface area contributed by atoms with Crippen LogP contribution in [0.5, 0.6) is 17.2 Å². The molecule has 0 radical (unpaired) electrons. The highest BCUT2D eigenvalue weighted by Gasteiger charge is 2.14. The summed E-state index contributed by atoms with van der Waals surface area (Å²) in [6.45, 7) is 1.37. The number of hydrogen-bond donors (Lipinski definition) is 0. The summed E-state index contributed by atoms with van der Waals surface area (Å²) in [6, 6.07) is 11.4. The number of carbonyl (C=O) groups is 1. The van der Waals surface area contributed by atoms with E-state index in [1.54, 1.807) is 0 Å². The lowest BCUT2D eigenvalue weighted by Gasteiger charge is -2.09. The second kappa shape index (κ2) is 6.20.